The van der Waals surface area contributed by atoms with Gasteiger partial charge in [-0.05, 0) is 44.0 Å². The van der Waals surface area contributed by atoms with Crippen molar-refractivity contribution in [1.29, 1.82) is 0 Å². The van der Waals surface area contributed by atoms with E-state index in [1.165, 1.54) is 24.6 Å². The van der Waals surface area contributed by atoms with Crippen LogP contribution in [-0.2, 0) is 11.4 Å². The van der Waals surface area contributed by atoms with Crippen LogP contribution in [0, 0.1) is 0 Å². The van der Waals surface area contributed by atoms with Gasteiger partial charge in [-0.25, -0.2) is 0 Å². The number of halogens is 1. The average molecular weight is 471 g/mol. The van der Waals surface area contributed by atoms with Crippen molar-refractivity contribution in [3.05, 3.63) is 65.4 Å². The number of carbonyl (C=O) groups excluding carboxylic acids is 1. The lowest BCUT2D eigenvalue weighted by molar-refractivity contribution is -0.130. The minimum atomic E-state index is -0.253. The van der Waals surface area contributed by atoms with Crippen LogP contribution in [0.25, 0.3) is 5.69 Å². The fraction of sp³-hybridized carbons (Fsp3) is 0.375. The third-order valence-electron chi connectivity index (χ3n) is 5.46. The topological polar surface area (TPSA) is 60.3 Å². The maximum atomic E-state index is 13.1. The molecule has 0 aliphatic carbocycles. The van der Waals surface area contributed by atoms with Crippen molar-refractivity contribution in [3.8, 4) is 11.4 Å². The molecule has 6 nitrogen and oxygen atoms in total. The van der Waals surface area contributed by atoms with Crippen LogP contribution in [0.2, 0.25) is 5.02 Å². The van der Waals surface area contributed by atoms with Gasteiger partial charge in [0.25, 0.3) is 0 Å². The second kappa shape index (κ2) is 10.9. The fourth-order valence-corrected chi connectivity index (χ4v) is 4.93. The van der Waals surface area contributed by atoms with Gasteiger partial charge in [-0.3, -0.25) is 9.36 Å². The lowest BCUT2D eigenvalue weighted by atomic mass is 10.2. The Morgan fingerprint density at radius 2 is 1.72 bits per heavy atom. The second-order valence-corrected chi connectivity index (χ2v) is 9.50. The molecular weight excluding hydrogens is 444 g/mol. The molecule has 1 fully saturated rings. The summed E-state index contributed by atoms with van der Waals surface area (Å²) in [4.78, 5) is 15.1. The molecule has 32 heavy (non-hydrogen) atoms. The zero-order valence-electron chi connectivity index (χ0n) is 18.1. The Kier molecular flexibility index (Phi) is 7.71. The van der Waals surface area contributed by atoms with E-state index in [-0.39, 0.29) is 17.8 Å². The molecule has 1 unspecified atom stereocenters. The second-order valence-electron chi connectivity index (χ2n) is 7.79. The molecule has 1 aliphatic rings. The number of thioether (sulfide) groups is 1. The Balaban J connectivity index is 1.55. The van der Waals surface area contributed by atoms with E-state index in [9.17, 15) is 4.79 Å². The number of hydrogen-bond donors (Lipinski definition) is 0. The standard InChI is InChI=1S/C24H27ClN4O2S/c1-18(23(30)28-15-9-2-3-10-16-28)32-24-27-26-22(29(24)19-11-5-4-6-12-19)17-31-21-14-8-7-13-20(21)25/h4-8,11-14,18H,2-3,9-10,15-17H2,1H3. The summed E-state index contributed by atoms with van der Waals surface area (Å²) in [6.45, 7) is 3.83. The van der Waals surface area contributed by atoms with Crippen LogP contribution in [0.5, 0.6) is 5.75 Å². The highest BCUT2D eigenvalue weighted by atomic mass is 35.5. The molecule has 2 heterocycles. The Morgan fingerprint density at radius 1 is 1.03 bits per heavy atom. The van der Waals surface area contributed by atoms with Crippen LogP contribution in [-0.4, -0.2) is 43.9 Å². The van der Waals surface area contributed by atoms with Gasteiger partial charge in [0, 0.05) is 18.8 Å². The van der Waals surface area contributed by atoms with Crippen LogP contribution in [0.4, 0.5) is 0 Å². The van der Waals surface area contributed by atoms with Crippen molar-refractivity contribution in [2.45, 2.75) is 49.6 Å². The summed E-state index contributed by atoms with van der Waals surface area (Å²) < 4.78 is 7.87. The van der Waals surface area contributed by atoms with E-state index in [4.69, 9.17) is 16.3 Å². The maximum absolute atomic E-state index is 13.1. The lowest BCUT2D eigenvalue weighted by Gasteiger charge is -2.23. The quantitative estimate of drug-likeness (QED) is 0.433. The molecule has 0 N–H and O–H groups in total. The summed E-state index contributed by atoms with van der Waals surface area (Å²) >= 11 is 7.66. The van der Waals surface area contributed by atoms with Gasteiger partial charge in [-0.15, -0.1) is 10.2 Å². The van der Waals surface area contributed by atoms with Gasteiger partial charge in [0.05, 0.1) is 10.3 Å². The zero-order valence-corrected chi connectivity index (χ0v) is 19.7. The SMILES string of the molecule is CC(Sc1nnc(COc2ccccc2Cl)n1-c1ccccc1)C(=O)N1CCCCCC1. The molecule has 1 aliphatic heterocycles. The van der Waals surface area contributed by atoms with E-state index in [0.29, 0.717) is 21.8 Å². The molecule has 3 aromatic rings. The van der Waals surface area contributed by atoms with E-state index >= 15 is 0 Å². The fourth-order valence-electron chi connectivity index (χ4n) is 3.77. The molecule has 1 aromatic heterocycles. The number of aromatic nitrogens is 3. The molecule has 1 amide bonds. The van der Waals surface area contributed by atoms with E-state index in [2.05, 4.69) is 10.2 Å². The highest BCUT2D eigenvalue weighted by Crippen LogP contribution is 2.29. The normalized spacial score (nSPS) is 15.2. The molecule has 4 rings (SSSR count). The van der Waals surface area contributed by atoms with E-state index in [1.807, 2.05) is 64.9 Å². The summed E-state index contributed by atoms with van der Waals surface area (Å²) in [5.74, 6) is 1.40. The van der Waals surface area contributed by atoms with Crippen molar-refractivity contribution >= 4 is 29.3 Å². The Bertz CT molecular complexity index is 1040. The summed E-state index contributed by atoms with van der Waals surface area (Å²) in [6, 6.07) is 17.2. The lowest BCUT2D eigenvalue weighted by Crippen LogP contribution is -2.37. The molecule has 0 saturated carbocycles. The summed E-state index contributed by atoms with van der Waals surface area (Å²) in [7, 11) is 0. The smallest absolute Gasteiger partial charge is 0.235 e. The molecule has 168 valence electrons. The summed E-state index contributed by atoms with van der Waals surface area (Å²) in [5, 5.41) is 9.75. The Morgan fingerprint density at radius 3 is 2.44 bits per heavy atom. The van der Waals surface area contributed by atoms with Crippen molar-refractivity contribution < 1.29 is 9.53 Å². The van der Waals surface area contributed by atoms with Crippen molar-refractivity contribution in [2.24, 2.45) is 0 Å². The first-order valence-electron chi connectivity index (χ1n) is 11.0. The number of para-hydroxylation sites is 2. The third kappa shape index (κ3) is 5.45. The largest absolute Gasteiger partial charge is 0.484 e. The number of ether oxygens (including phenoxy) is 1. The van der Waals surface area contributed by atoms with Gasteiger partial charge in [0.2, 0.25) is 5.91 Å². The van der Waals surface area contributed by atoms with Crippen LogP contribution >= 0.6 is 23.4 Å². The monoisotopic (exact) mass is 470 g/mol. The summed E-state index contributed by atoms with van der Waals surface area (Å²) in [6.07, 6.45) is 4.55. The van der Waals surface area contributed by atoms with E-state index in [0.717, 1.165) is 31.6 Å². The predicted octanol–water partition coefficient (Wildman–Crippen LogP) is 5.38. The molecule has 0 spiro atoms. The number of likely N-dealkylation sites (tertiary alicyclic amines) is 1. The van der Waals surface area contributed by atoms with Gasteiger partial charge in [0.1, 0.15) is 12.4 Å². The first kappa shape index (κ1) is 22.7. The van der Waals surface area contributed by atoms with Gasteiger partial charge in [-0.2, -0.15) is 0 Å². The van der Waals surface area contributed by atoms with Crippen LogP contribution in [0.1, 0.15) is 38.4 Å². The van der Waals surface area contributed by atoms with Gasteiger partial charge >= 0.3 is 0 Å². The summed E-state index contributed by atoms with van der Waals surface area (Å²) in [5.41, 5.74) is 0.923. The predicted molar refractivity (Wildman–Crippen MR) is 128 cm³/mol. The molecule has 0 radical (unpaired) electrons. The Labute approximate surface area is 197 Å². The van der Waals surface area contributed by atoms with Crippen molar-refractivity contribution in [2.75, 3.05) is 13.1 Å². The number of benzene rings is 2. The minimum absolute atomic E-state index is 0.161. The molecule has 1 atom stereocenters. The third-order valence-corrected chi connectivity index (χ3v) is 6.80. The molecule has 2 aromatic carbocycles. The highest BCUT2D eigenvalue weighted by molar-refractivity contribution is 8.00. The van der Waals surface area contributed by atoms with E-state index in [1.54, 1.807) is 6.07 Å². The molecular formula is C24H27ClN4O2S. The first-order chi connectivity index (χ1) is 15.6. The zero-order chi connectivity index (χ0) is 22.3. The molecule has 0 bridgehead atoms. The molecule has 1 saturated heterocycles. The van der Waals surface area contributed by atoms with Gasteiger partial charge < -0.3 is 9.64 Å². The van der Waals surface area contributed by atoms with Crippen LogP contribution in [0.15, 0.2) is 59.8 Å². The Hall–Kier alpha value is -2.51. The maximum Gasteiger partial charge on any atom is 0.235 e. The van der Waals surface area contributed by atoms with Crippen LogP contribution in [0.3, 0.4) is 0 Å². The molecule has 8 heteroatoms. The number of hydrogen-bond acceptors (Lipinski definition) is 5. The van der Waals surface area contributed by atoms with E-state index < -0.39 is 0 Å². The van der Waals surface area contributed by atoms with Gasteiger partial charge in [-0.1, -0.05) is 66.5 Å². The number of amides is 1. The minimum Gasteiger partial charge on any atom is -0.484 e. The average Bonchev–Trinajstić information content (AvgIpc) is 3.02. The van der Waals surface area contributed by atoms with Crippen molar-refractivity contribution in [1.82, 2.24) is 19.7 Å². The highest BCUT2D eigenvalue weighted by Gasteiger charge is 2.25. The van der Waals surface area contributed by atoms with Crippen molar-refractivity contribution in [3.63, 3.8) is 0 Å². The number of nitrogens with zero attached hydrogens (tertiary/aromatic N) is 4. The van der Waals surface area contributed by atoms with Crippen LogP contribution < -0.4 is 4.74 Å². The number of carbonyl (C=O) groups is 1. The first-order valence-corrected chi connectivity index (χ1v) is 12.2. The van der Waals surface area contributed by atoms with Gasteiger partial charge in [0.15, 0.2) is 11.0 Å². The number of rotatable bonds is 7.